The van der Waals surface area contributed by atoms with E-state index >= 15 is 0 Å². The number of hydrogen-bond acceptors (Lipinski definition) is 3. The summed E-state index contributed by atoms with van der Waals surface area (Å²) in [5.41, 5.74) is 0.960. The third-order valence-corrected chi connectivity index (χ3v) is 4.78. The Morgan fingerprint density at radius 1 is 1.23 bits per heavy atom. The minimum absolute atomic E-state index is 0. The monoisotopic (exact) mass is 381 g/mol. The van der Waals surface area contributed by atoms with Crippen molar-refractivity contribution in [3.63, 3.8) is 0 Å². The summed E-state index contributed by atoms with van der Waals surface area (Å²) in [7, 11) is 1.95. The first kappa shape index (κ1) is 22.5. The van der Waals surface area contributed by atoms with Gasteiger partial charge < -0.3 is 15.5 Å². The molecular weight excluding hydrogens is 350 g/mol. The Morgan fingerprint density at radius 2 is 1.92 bits per heavy atom. The molecule has 2 amide bonds. The van der Waals surface area contributed by atoms with Gasteiger partial charge in [0.05, 0.1) is 6.42 Å². The second-order valence-electron chi connectivity index (χ2n) is 7.30. The Balaban J connectivity index is 0.00000338. The van der Waals surface area contributed by atoms with Crippen molar-refractivity contribution in [2.75, 3.05) is 26.7 Å². The van der Waals surface area contributed by atoms with Crippen molar-refractivity contribution in [1.29, 1.82) is 0 Å². The van der Waals surface area contributed by atoms with Crippen LogP contribution >= 0.6 is 12.4 Å². The second kappa shape index (κ2) is 11.2. The van der Waals surface area contributed by atoms with Crippen LogP contribution < -0.4 is 10.6 Å². The number of hydrogen-bond donors (Lipinski definition) is 2. The molecule has 26 heavy (non-hydrogen) atoms. The Bertz CT molecular complexity index is 563. The molecule has 146 valence electrons. The Hall–Kier alpha value is -1.59. The molecule has 0 aromatic heterocycles. The van der Waals surface area contributed by atoms with Crippen LogP contribution in [0.4, 0.5) is 0 Å². The van der Waals surface area contributed by atoms with E-state index in [1.54, 1.807) is 0 Å². The van der Waals surface area contributed by atoms with Crippen LogP contribution in [0.15, 0.2) is 30.3 Å². The number of carbonyl (C=O) groups is 2. The first-order chi connectivity index (χ1) is 12.0. The fourth-order valence-corrected chi connectivity index (χ4v) is 3.44. The number of benzene rings is 1. The molecular formula is C20H32ClN3O2. The third kappa shape index (κ3) is 6.61. The number of piperidine rings is 1. The molecule has 2 rings (SSSR count). The van der Waals surface area contributed by atoms with Crippen molar-refractivity contribution in [1.82, 2.24) is 15.5 Å². The third-order valence-electron chi connectivity index (χ3n) is 4.78. The number of carbonyl (C=O) groups excluding carboxylic acids is 2. The van der Waals surface area contributed by atoms with Crippen LogP contribution in [-0.4, -0.2) is 49.4 Å². The maximum absolute atomic E-state index is 13.0. The van der Waals surface area contributed by atoms with Gasteiger partial charge in [0.15, 0.2) is 0 Å². The molecule has 1 aromatic rings. The van der Waals surface area contributed by atoms with Crippen molar-refractivity contribution in [3.8, 4) is 0 Å². The zero-order valence-electron chi connectivity index (χ0n) is 16.0. The van der Waals surface area contributed by atoms with Gasteiger partial charge >= 0.3 is 0 Å². The number of halogens is 1. The molecule has 2 N–H and O–H groups in total. The van der Waals surface area contributed by atoms with E-state index in [1.165, 1.54) is 0 Å². The lowest BCUT2D eigenvalue weighted by Gasteiger charge is -2.36. The van der Waals surface area contributed by atoms with Gasteiger partial charge in [0.25, 0.3) is 0 Å². The molecule has 1 aliphatic heterocycles. The van der Waals surface area contributed by atoms with Gasteiger partial charge in [-0.15, -0.1) is 12.4 Å². The first-order valence-corrected chi connectivity index (χ1v) is 9.28. The van der Waals surface area contributed by atoms with Crippen LogP contribution in [0.1, 0.15) is 32.3 Å². The maximum Gasteiger partial charge on any atom is 0.245 e. The van der Waals surface area contributed by atoms with Crippen LogP contribution in [0.5, 0.6) is 0 Å². The summed E-state index contributed by atoms with van der Waals surface area (Å²) in [4.78, 5) is 27.3. The quantitative estimate of drug-likeness (QED) is 0.761. The Kier molecular flexibility index (Phi) is 9.66. The molecule has 1 aliphatic rings. The summed E-state index contributed by atoms with van der Waals surface area (Å²) in [6.45, 7) is 6.46. The van der Waals surface area contributed by atoms with E-state index in [1.807, 2.05) is 56.1 Å². The van der Waals surface area contributed by atoms with Crippen molar-refractivity contribution in [2.45, 2.75) is 39.2 Å². The van der Waals surface area contributed by atoms with Gasteiger partial charge in [0, 0.05) is 13.1 Å². The van der Waals surface area contributed by atoms with Gasteiger partial charge in [0.1, 0.15) is 6.04 Å². The lowest BCUT2D eigenvalue weighted by Crippen LogP contribution is -2.54. The zero-order valence-corrected chi connectivity index (χ0v) is 16.8. The Morgan fingerprint density at radius 3 is 2.54 bits per heavy atom. The standard InChI is InChI=1S/C20H31N3O2.ClH/c1-15(2)19(22-18(24)12-16-8-5-4-6-9-16)20(25)23-11-7-10-17(14-23)13-21-3;/h4-6,8-9,15,17,19,21H,7,10-14H2,1-3H3,(H,22,24);1H. The fraction of sp³-hybridized carbons (Fsp3) is 0.600. The molecule has 2 unspecified atom stereocenters. The lowest BCUT2D eigenvalue weighted by atomic mass is 9.95. The topological polar surface area (TPSA) is 61.4 Å². The van der Waals surface area contributed by atoms with Crippen LogP contribution in [0, 0.1) is 11.8 Å². The van der Waals surface area contributed by atoms with Crippen LogP contribution in [0.25, 0.3) is 0 Å². The molecule has 6 heteroatoms. The highest BCUT2D eigenvalue weighted by molar-refractivity contribution is 5.88. The predicted molar refractivity (Wildman–Crippen MR) is 107 cm³/mol. The van der Waals surface area contributed by atoms with Gasteiger partial charge in [-0.25, -0.2) is 0 Å². The van der Waals surface area contributed by atoms with E-state index in [4.69, 9.17) is 0 Å². The first-order valence-electron chi connectivity index (χ1n) is 9.28. The zero-order chi connectivity index (χ0) is 18.2. The van der Waals surface area contributed by atoms with Gasteiger partial charge in [-0.1, -0.05) is 44.2 Å². The minimum atomic E-state index is -0.454. The highest BCUT2D eigenvalue weighted by Crippen LogP contribution is 2.18. The SMILES string of the molecule is CNCC1CCCN(C(=O)C(NC(=O)Cc2ccccc2)C(C)C)C1.Cl. The summed E-state index contributed by atoms with van der Waals surface area (Å²) >= 11 is 0. The van der Waals surface area contributed by atoms with Crippen molar-refractivity contribution in [3.05, 3.63) is 35.9 Å². The molecule has 0 spiro atoms. The lowest BCUT2D eigenvalue weighted by molar-refractivity contribution is -0.139. The molecule has 5 nitrogen and oxygen atoms in total. The molecule has 2 atom stereocenters. The number of amides is 2. The smallest absolute Gasteiger partial charge is 0.245 e. The second-order valence-corrected chi connectivity index (χ2v) is 7.30. The fourth-order valence-electron chi connectivity index (χ4n) is 3.44. The van der Waals surface area contributed by atoms with Crippen LogP contribution in [-0.2, 0) is 16.0 Å². The van der Waals surface area contributed by atoms with Crippen LogP contribution in [0.3, 0.4) is 0 Å². The summed E-state index contributed by atoms with van der Waals surface area (Å²) in [5.74, 6) is 0.520. The maximum atomic E-state index is 13.0. The van der Waals surface area contributed by atoms with Gasteiger partial charge in [-0.05, 0) is 43.8 Å². The average molecular weight is 382 g/mol. The van der Waals surface area contributed by atoms with Crippen molar-refractivity contribution < 1.29 is 9.59 Å². The molecule has 1 heterocycles. The predicted octanol–water partition coefficient (Wildman–Crippen LogP) is 2.25. The molecule has 0 aliphatic carbocycles. The number of nitrogens with one attached hydrogen (secondary N) is 2. The average Bonchev–Trinajstić information content (AvgIpc) is 2.60. The molecule has 1 saturated heterocycles. The highest BCUT2D eigenvalue weighted by Gasteiger charge is 2.31. The summed E-state index contributed by atoms with van der Waals surface area (Å²) < 4.78 is 0. The van der Waals surface area contributed by atoms with E-state index in [0.29, 0.717) is 12.3 Å². The number of nitrogens with zero attached hydrogens (tertiary/aromatic N) is 1. The highest BCUT2D eigenvalue weighted by atomic mass is 35.5. The van der Waals surface area contributed by atoms with E-state index < -0.39 is 6.04 Å². The summed E-state index contributed by atoms with van der Waals surface area (Å²) in [5, 5.41) is 6.16. The van der Waals surface area contributed by atoms with E-state index in [9.17, 15) is 9.59 Å². The number of rotatable bonds is 7. The molecule has 0 radical (unpaired) electrons. The van der Waals surface area contributed by atoms with Gasteiger partial charge in [-0.2, -0.15) is 0 Å². The van der Waals surface area contributed by atoms with Crippen molar-refractivity contribution in [2.24, 2.45) is 11.8 Å². The number of likely N-dealkylation sites (tertiary alicyclic amines) is 1. The van der Waals surface area contributed by atoms with Crippen molar-refractivity contribution >= 4 is 24.2 Å². The minimum Gasteiger partial charge on any atom is -0.344 e. The summed E-state index contributed by atoms with van der Waals surface area (Å²) in [6, 6.07) is 9.17. The largest absolute Gasteiger partial charge is 0.344 e. The normalized spacial score (nSPS) is 18.2. The Labute approximate surface area is 163 Å². The molecule has 0 saturated carbocycles. The summed E-state index contributed by atoms with van der Waals surface area (Å²) in [6.07, 6.45) is 2.48. The van der Waals surface area contributed by atoms with E-state index in [-0.39, 0.29) is 30.1 Å². The van der Waals surface area contributed by atoms with E-state index in [2.05, 4.69) is 10.6 Å². The van der Waals surface area contributed by atoms with Gasteiger partial charge in [-0.3, -0.25) is 9.59 Å². The van der Waals surface area contributed by atoms with Crippen LogP contribution in [0.2, 0.25) is 0 Å². The molecule has 0 bridgehead atoms. The van der Waals surface area contributed by atoms with Gasteiger partial charge in [0.2, 0.25) is 11.8 Å². The molecule has 1 fully saturated rings. The van der Waals surface area contributed by atoms with E-state index in [0.717, 1.165) is 38.0 Å². The molecule has 1 aromatic carbocycles.